The van der Waals surface area contributed by atoms with Crippen LogP contribution in [-0.4, -0.2) is 24.9 Å². The molecule has 0 aliphatic heterocycles. The van der Waals surface area contributed by atoms with Crippen molar-refractivity contribution >= 4 is 39.7 Å². The van der Waals surface area contributed by atoms with Crippen LogP contribution in [0.1, 0.15) is 15.2 Å². The number of hydrogen-bond acceptors (Lipinski definition) is 3. The van der Waals surface area contributed by atoms with Gasteiger partial charge in [-0.25, -0.2) is 13.2 Å². The second-order valence-electron chi connectivity index (χ2n) is 4.41. The van der Waals surface area contributed by atoms with Gasteiger partial charge in [0, 0.05) is 10.1 Å². The number of fused-ring (bicyclic) bond motifs is 1. The minimum Gasteiger partial charge on any atom is -0.345 e. The van der Waals surface area contributed by atoms with Crippen LogP contribution in [0.3, 0.4) is 0 Å². The average molecular weight is 339 g/mol. The predicted octanol–water partition coefficient (Wildman–Crippen LogP) is 3.09. The largest absolute Gasteiger partial charge is 0.345 e. The SMILES string of the molecule is Cc1c(C(=O)NCC(F)(F)CN)sc2cccc(F)c12.Cl. The molecule has 1 heterocycles. The van der Waals surface area contributed by atoms with Crippen molar-refractivity contribution in [1.82, 2.24) is 5.32 Å². The summed E-state index contributed by atoms with van der Waals surface area (Å²) in [5.41, 5.74) is 5.35. The van der Waals surface area contributed by atoms with Crippen LogP contribution in [0.4, 0.5) is 13.2 Å². The Labute approximate surface area is 129 Å². The van der Waals surface area contributed by atoms with Crippen LogP contribution in [0.5, 0.6) is 0 Å². The van der Waals surface area contributed by atoms with Gasteiger partial charge in [-0.1, -0.05) is 6.07 Å². The number of benzene rings is 1. The Morgan fingerprint density at radius 2 is 2.10 bits per heavy atom. The average Bonchev–Trinajstić information content (AvgIpc) is 2.75. The number of hydrogen-bond donors (Lipinski definition) is 2. The summed E-state index contributed by atoms with van der Waals surface area (Å²) in [6.07, 6.45) is 0. The Hall–Kier alpha value is -1.31. The molecule has 0 aliphatic rings. The standard InChI is InChI=1S/C13H13F3N2OS.ClH/c1-7-10-8(14)3-2-4-9(10)20-11(7)12(19)18-6-13(15,16)5-17;/h2-4H,5-6,17H2,1H3,(H,18,19);1H. The van der Waals surface area contributed by atoms with Gasteiger partial charge < -0.3 is 11.1 Å². The van der Waals surface area contributed by atoms with E-state index in [4.69, 9.17) is 5.73 Å². The number of halogens is 4. The highest BCUT2D eigenvalue weighted by molar-refractivity contribution is 7.21. The molecule has 2 rings (SSSR count). The highest BCUT2D eigenvalue weighted by Crippen LogP contribution is 2.32. The van der Waals surface area contributed by atoms with E-state index >= 15 is 0 Å². The van der Waals surface area contributed by atoms with E-state index in [1.165, 1.54) is 12.1 Å². The monoisotopic (exact) mass is 338 g/mol. The predicted molar refractivity (Wildman–Crippen MR) is 80.1 cm³/mol. The van der Waals surface area contributed by atoms with Gasteiger partial charge in [-0.05, 0) is 24.6 Å². The zero-order valence-corrected chi connectivity index (χ0v) is 12.7. The normalized spacial score (nSPS) is 11.3. The Kier molecular flexibility index (Phi) is 5.61. The zero-order valence-electron chi connectivity index (χ0n) is 11.1. The summed E-state index contributed by atoms with van der Waals surface area (Å²) in [4.78, 5) is 12.1. The number of amides is 1. The molecule has 0 unspecified atom stereocenters. The summed E-state index contributed by atoms with van der Waals surface area (Å²) >= 11 is 1.08. The highest BCUT2D eigenvalue weighted by atomic mass is 35.5. The molecular formula is C13H14ClF3N2OS. The van der Waals surface area contributed by atoms with E-state index in [1.807, 2.05) is 0 Å². The van der Waals surface area contributed by atoms with Gasteiger partial charge in [0.1, 0.15) is 5.82 Å². The number of nitrogens with two attached hydrogens (primary N) is 1. The van der Waals surface area contributed by atoms with Crippen LogP contribution >= 0.6 is 23.7 Å². The molecular weight excluding hydrogens is 325 g/mol. The summed E-state index contributed by atoms with van der Waals surface area (Å²) in [7, 11) is 0. The van der Waals surface area contributed by atoms with Crippen molar-refractivity contribution in [3.63, 3.8) is 0 Å². The number of alkyl halides is 2. The van der Waals surface area contributed by atoms with E-state index in [2.05, 4.69) is 5.32 Å². The van der Waals surface area contributed by atoms with Gasteiger partial charge in [0.2, 0.25) is 0 Å². The number of nitrogens with one attached hydrogen (secondary N) is 1. The van der Waals surface area contributed by atoms with E-state index in [1.54, 1.807) is 13.0 Å². The molecule has 0 saturated carbocycles. The van der Waals surface area contributed by atoms with Gasteiger partial charge in [0.05, 0.1) is 18.0 Å². The minimum atomic E-state index is -3.15. The first kappa shape index (κ1) is 17.7. The van der Waals surface area contributed by atoms with E-state index in [0.717, 1.165) is 11.3 Å². The van der Waals surface area contributed by atoms with E-state index in [0.29, 0.717) is 15.6 Å². The van der Waals surface area contributed by atoms with Gasteiger partial charge in [-0.2, -0.15) is 0 Å². The van der Waals surface area contributed by atoms with Gasteiger partial charge in [0.25, 0.3) is 11.8 Å². The Bertz CT molecular complexity index is 660. The topological polar surface area (TPSA) is 55.1 Å². The van der Waals surface area contributed by atoms with Crippen LogP contribution in [0.2, 0.25) is 0 Å². The molecule has 0 radical (unpaired) electrons. The van der Waals surface area contributed by atoms with E-state index < -0.39 is 30.7 Å². The maximum absolute atomic E-state index is 13.7. The molecule has 1 aromatic heterocycles. The molecule has 0 fully saturated rings. The molecule has 1 aromatic carbocycles. The van der Waals surface area contributed by atoms with Crippen molar-refractivity contribution in [3.8, 4) is 0 Å². The lowest BCUT2D eigenvalue weighted by Crippen LogP contribution is -2.41. The molecule has 21 heavy (non-hydrogen) atoms. The summed E-state index contributed by atoms with van der Waals surface area (Å²) in [6, 6.07) is 4.52. The highest BCUT2D eigenvalue weighted by Gasteiger charge is 2.28. The number of carbonyl (C=O) groups is 1. The summed E-state index contributed by atoms with van der Waals surface area (Å²) in [6.45, 7) is -0.0797. The summed E-state index contributed by atoms with van der Waals surface area (Å²) < 4.78 is 40.3. The molecule has 0 atom stereocenters. The fraction of sp³-hybridized carbons (Fsp3) is 0.308. The van der Waals surface area contributed by atoms with Crippen molar-refractivity contribution in [2.24, 2.45) is 5.73 Å². The molecule has 3 N–H and O–H groups in total. The molecule has 116 valence electrons. The molecule has 0 aliphatic carbocycles. The third-order valence-corrected chi connectivity index (χ3v) is 4.17. The van der Waals surface area contributed by atoms with Crippen molar-refractivity contribution in [1.29, 1.82) is 0 Å². The molecule has 0 bridgehead atoms. The quantitative estimate of drug-likeness (QED) is 0.900. The number of carbonyl (C=O) groups excluding carboxylic acids is 1. The second kappa shape index (κ2) is 6.64. The molecule has 1 amide bonds. The van der Waals surface area contributed by atoms with E-state index in [9.17, 15) is 18.0 Å². The maximum atomic E-state index is 13.7. The summed E-state index contributed by atoms with van der Waals surface area (Å²) in [5.74, 6) is -4.22. The Balaban J connectivity index is 0.00000220. The summed E-state index contributed by atoms with van der Waals surface area (Å²) in [5, 5.41) is 2.49. The van der Waals surface area contributed by atoms with Crippen LogP contribution in [-0.2, 0) is 0 Å². The number of rotatable bonds is 4. The van der Waals surface area contributed by atoms with Crippen molar-refractivity contribution in [2.75, 3.05) is 13.1 Å². The zero-order chi connectivity index (χ0) is 14.9. The smallest absolute Gasteiger partial charge is 0.277 e. The lowest BCUT2D eigenvalue weighted by Gasteiger charge is -2.14. The van der Waals surface area contributed by atoms with Crippen LogP contribution in [0.15, 0.2) is 18.2 Å². The first-order valence-electron chi connectivity index (χ1n) is 5.89. The molecule has 3 nitrogen and oxygen atoms in total. The van der Waals surface area contributed by atoms with Gasteiger partial charge in [-0.15, -0.1) is 23.7 Å². The third-order valence-electron chi connectivity index (χ3n) is 2.92. The molecule has 0 saturated heterocycles. The Morgan fingerprint density at radius 1 is 1.43 bits per heavy atom. The number of thiophene rings is 1. The molecule has 8 heteroatoms. The molecule has 2 aromatic rings. The number of aryl methyl sites for hydroxylation is 1. The van der Waals surface area contributed by atoms with Crippen molar-refractivity contribution < 1.29 is 18.0 Å². The van der Waals surface area contributed by atoms with E-state index in [-0.39, 0.29) is 17.3 Å². The van der Waals surface area contributed by atoms with Gasteiger partial charge >= 0.3 is 0 Å². The fourth-order valence-electron chi connectivity index (χ4n) is 1.83. The van der Waals surface area contributed by atoms with Crippen molar-refractivity contribution in [3.05, 3.63) is 34.5 Å². The fourth-order valence-corrected chi connectivity index (χ4v) is 2.97. The first-order chi connectivity index (χ1) is 9.35. The van der Waals surface area contributed by atoms with Gasteiger partial charge in [-0.3, -0.25) is 4.79 Å². The van der Waals surface area contributed by atoms with Crippen LogP contribution in [0, 0.1) is 12.7 Å². The lowest BCUT2D eigenvalue weighted by atomic mass is 10.1. The van der Waals surface area contributed by atoms with Crippen LogP contribution < -0.4 is 11.1 Å². The lowest BCUT2D eigenvalue weighted by molar-refractivity contribution is 0.0119. The van der Waals surface area contributed by atoms with Gasteiger partial charge in [0.15, 0.2) is 0 Å². The third kappa shape index (κ3) is 3.66. The first-order valence-corrected chi connectivity index (χ1v) is 6.71. The van der Waals surface area contributed by atoms with Crippen molar-refractivity contribution in [2.45, 2.75) is 12.8 Å². The maximum Gasteiger partial charge on any atom is 0.277 e. The second-order valence-corrected chi connectivity index (χ2v) is 5.46. The molecule has 0 spiro atoms. The minimum absolute atomic E-state index is 0. The Morgan fingerprint density at radius 3 is 2.67 bits per heavy atom. The van der Waals surface area contributed by atoms with Crippen LogP contribution in [0.25, 0.3) is 10.1 Å².